The molecule has 1 fully saturated rings. The molecule has 1 saturated heterocycles. The zero-order valence-electron chi connectivity index (χ0n) is 13.0. The highest BCUT2D eigenvalue weighted by atomic mass is 32.2. The van der Waals surface area contributed by atoms with Crippen molar-refractivity contribution in [3.63, 3.8) is 0 Å². The summed E-state index contributed by atoms with van der Waals surface area (Å²) in [5.41, 5.74) is 1.87. The molecule has 1 N–H and O–H groups in total. The molecule has 2 aromatic rings. The Morgan fingerprint density at radius 2 is 2.04 bits per heavy atom. The van der Waals surface area contributed by atoms with Crippen molar-refractivity contribution in [1.29, 1.82) is 0 Å². The van der Waals surface area contributed by atoms with Crippen LogP contribution in [0.3, 0.4) is 0 Å². The lowest BCUT2D eigenvalue weighted by Crippen LogP contribution is -2.15. The van der Waals surface area contributed by atoms with E-state index in [2.05, 4.69) is 9.71 Å². The Balaban J connectivity index is 1.56. The monoisotopic (exact) mass is 366 g/mol. The number of sulfonamides is 1. The summed E-state index contributed by atoms with van der Waals surface area (Å²) in [5.74, 6) is 0.809. The summed E-state index contributed by atoms with van der Waals surface area (Å²) in [7, 11) is -3.71. The van der Waals surface area contributed by atoms with Crippen LogP contribution in [0, 0.1) is 0 Å². The van der Waals surface area contributed by atoms with E-state index in [4.69, 9.17) is 9.47 Å². The zero-order valence-corrected chi connectivity index (χ0v) is 14.7. The minimum Gasteiger partial charge on any atom is -0.492 e. The van der Waals surface area contributed by atoms with Crippen molar-refractivity contribution in [3.8, 4) is 5.75 Å². The molecule has 3 heterocycles. The summed E-state index contributed by atoms with van der Waals surface area (Å²) in [4.78, 5) is 4.65. The number of aromatic nitrogens is 1. The van der Waals surface area contributed by atoms with E-state index in [0.29, 0.717) is 23.4 Å². The number of rotatable bonds is 4. The fourth-order valence-electron chi connectivity index (χ4n) is 3.08. The molecule has 128 valence electrons. The largest absolute Gasteiger partial charge is 0.492 e. The molecule has 0 bridgehead atoms. The Morgan fingerprint density at radius 3 is 2.88 bits per heavy atom. The Morgan fingerprint density at radius 1 is 1.21 bits per heavy atom. The van der Waals surface area contributed by atoms with E-state index in [1.807, 2.05) is 11.4 Å². The Hall–Kier alpha value is -1.64. The van der Waals surface area contributed by atoms with Crippen molar-refractivity contribution >= 4 is 26.5 Å². The number of para-hydroxylation sites is 1. The summed E-state index contributed by atoms with van der Waals surface area (Å²) in [6, 6.07) is 5.21. The van der Waals surface area contributed by atoms with Gasteiger partial charge in [-0.3, -0.25) is 4.72 Å². The fourth-order valence-corrected chi connectivity index (χ4v) is 5.31. The van der Waals surface area contributed by atoms with E-state index in [1.54, 1.807) is 12.1 Å². The maximum atomic E-state index is 12.7. The lowest BCUT2D eigenvalue weighted by molar-refractivity contribution is 0.0846. The van der Waals surface area contributed by atoms with Gasteiger partial charge >= 0.3 is 0 Å². The molecule has 0 spiro atoms. The Kier molecular flexibility index (Phi) is 4.19. The van der Waals surface area contributed by atoms with Crippen LogP contribution in [0.4, 0.5) is 5.13 Å². The number of hydrogen-bond acceptors (Lipinski definition) is 6. The summed E-state index contributed by atoms with van der Waals surface area (Å²) in [5, 5.41) is 2.33. The fraction of sp³-hybridized carbons (Fsp3) is 0.438. The number of ether oxygens (including phenoxy) is 2. The van der Waals surface area contributed by atoms with E-state index in [9.17, 15) is 8.42 Å². The minimum atomic E-state index is -3.71. The minimum absolute atomic E-state index is 0.181. The van der Waals surface area contributed by atoms with Gasteiger partial charge in [0.25, 0.3) is 10.0 Å². The summed E-state index contributed by atoms with van der Waals surface area (Å²) < 4.78 is 38.9. The van der Waals surface area contributed by atoms with Gasteiger partial charge < -0.3 is 9.47 Å². The molecule has 6 nitrogen and oxygen atoms in total. The van der Waals surface area contributed by atoms with E-state index in [0.717, 1.165) is 43.7 Å². The SMILES string of the molecule is O=S(=O)(Nc1nc(C2CCOCC2)cs1)c1cccc2c1OCC2. The van der Waals surface area contributed by atoms with E-state index in [-0.39, 0.29) is 4.90 Å². The van der Waals surface area contributed by atoms with Crippen molar-refractivity contribution in [1.82, 2.24) is 4.98 Å². The van der Waals surface area contributed by atoms with Crippen molar-refractivity contribution < 1.29 is 17.9 Å². The first-order valence-corrected chi connectivity index (χ1v) is 10.3. The number of fused-ring (bicyclic) bond motifs is 1. The first-order valence-electron chi connectivity index (χ1n) is 7.94. The Bertz CT molecular complexity index is 842. The second-order valence-electron chi connectivity index (χ2n) is 5.91. The molecule has 0 unspecified atom stereocenters. The number of thiazole rings is 1. The number of nitrogens with zero attached hydrogens (tertiary/aromatic N) is 1. The van der Waals surface area contributed by atoms with Crippen LogP contribution < -0.4 is 9.46 Å². The molecule has 4 rings (SSSR count). The van der Waals surface area contributed by atoms with Gasteiger partial charge in [-0.15, -0.1) is 11.3 Å². The van der Waals surface area contributed by atoms with Crippen molar-refractivity contribution in [3.05, 3.63) is 34.8 Å². The molecule has 2 aliphatic heterocycles. The number of nitrogens with one attached hydrogen (secondary N) is 1. The van der Waals surface area contributed by atoms with Gasteiger partial charge in [0.15, 0.2) is 5.13 Å². The van der Waals surface area contributed by atoms with Crippen LogP contribution in [-0.2, 0) is 21.2 Å². The highest BCUT2D eigenvalue weighted by molar-refractivity contribution is 7.93. The quantitative estimate of drug-likeness (QED) is 0.900. The van der Waals surface area contributed by atoms with Crippen molar-refractivity contribution in [2.75, 3.05) is 24.5 Å². The smallest absolute Gasteiger partial charge is 0.267 e. The normalized spacial score (nSPS) is 18.2. The van der Waals surface area contributed by atoms with Crippen molar-refractivity contribution in [2.24, 2.45) is 0 Å². The molecule has 0 saturated carbocycles. The van der Waals surface area contributed by atoms with Crippen LogP contribution in [0.25, 0.3) is 0 Å². The molecule has 0 atom stereocenters. The maximum absolute atomic E-state index is 12.7. The molecule has 1 aromatic carbocycles. The van der Waals surface area contributed by atoms with Gasteiger partial charge in [-0.05, 0) is 24.5 Å². The van der Waals surface area contributed by atoms with Crippen LogP contribution in [0.1, 0.15) is 30.0 Å². The van der Waals surface area contributed by atoms with Gasteiger partial charge in [-0.25, -0.2) is 13.4 Å². The molecule has 24 heavy (non-hydrogen) atoms. The third-order valence-electron chi connectivity index (χ3n) is 4.35. The first-order chi connectivity index (χ1) is 11.6. The number of anilines is 1. The average molecular weight is 366 g/mol. The van der Waals surface area contributed by atoms with Crippen LogP contribution in [0.5, 0.6) is 5.75 Å². The van der Waals surface area contributed by atoms with E-state index < -0.39 is 10.0 Å². The zero-order chi connectivity index (χ0) is 16.6. The molecule has 2 aliphatic rings. The predicted molar refractivity (Wildman–Crippen MR) is 91.4 cm³/mol. The van der Waals surface area contributed by atoms with Crippen LogP contribution >= 0.6 is 11.3 Å². The highest BCUT2D eigenvalue weighted by Gasteiger charge is 2.26. The highest BCUT2D eigenvalue weighted by Crippen LogP contribution is 2.35. The summed E-state index contributed by atoms with van der Waals surface area (Å²) in [6.07, 6.45) is 2.59. The van der Waals surface area contributed by atoms with Gasteiger partial charge in [0, 0.05) is 30.9 Å². The van der Waals surface area contributed by atoms with Gasteiger partial charge in [-0.1, -0.05) is 12.1 Å². The second-order valence-corrected chi connectivity index (χ2v) is 8.42. The van der Waals surface area contributed by atoms with E-state index >= 15 is 0 Å². The number of hydrogen-bond donors (Lipinski definition) is 1. The molecule has 1 aromatic heterocycles. The molecule has 0 amide bonds. The van der Waals surface area contributed by atoms with Gasteiger partial charge in [0.1, 0.15) is 10.6 Å². The summed E-state index contributed by atoms with van der Waals surface area (Å²) in [6.45, 7) is 1.99. The van der Waals surface area contributed by atoms with Gasteiger partial charge in [0.05, 0.1) is 12.3 Å². The molecule has 8 heteroatoms. The predicted octanol–water partition coefficient (Wildman–Crippen LogP) is 2.77. The van der Waals surface area contributed by atoms with Crippen molar-refractivity contribution in [2.45, 2.75) is 30.1 Å². The molecule has 0 aliphatic carbocycles. The maximum Gasteiger partial charge on any atom is 0.267 e. The molecular weight excluding hydrogens is 348 g/mol. The third-order valence-corrected chi connectivity index (χ3v) is 6.62. The molecule has 0 radical (unpaired) electrons. The lowest BCUT2D eigenvalue weighted by atomic mass is 9.98. The van der Waals surface area contributed by atoms with Gasteiger partial charge in [0.2, 0.25) is 0 Å². The first kappa shape index (κ1) is 15.9. The van der Waals surface area contributed by atoms with Gasteiger partial charge in [-0.2, -0.15) is 0 Å². The van der Waals surface area contributed by atoms with Crippen LogP contribution in [0.2, 0.25) is 0 Å². The standard InChI is InChI=1S/C16H18N2O4S2/c19-24(20,14-3-1-2-12-6-9-22-15(12)14)18-16-17-13(10-23-16)11-4-7-21-8-5-11/h1-3,10-11H,4-9H2,(H,17,18). The lowest BCUT2D eigenvalue weighted by Gasteiger charge is -2.19. The molecular formula is C16H18N2O4S2. The van der Waals surface area contributed by atoms with Crippen LogP contribution in [0.15, 0.2) is 28.5 Å². The number of benzene rings is 1. The average Bonchev–Trinajstić information content (AvgIpc) is 3.24. The third kappa shape index (κ3) is 3.01. The van der Waals surface area contributed by atoms with Crippen LogP contribution in [-0.4, -0.2) is 33.2 Å². The van der Waals surface area contributed by atoms with E-state index in [1.165, 1.54) is 11.3 Å². The topological polar surface area (TPSA) is 77.5 Å². The second kappa shape index (κ2) is 6.34. The Labute approximate surface area is 144 Å². The summed E-state index contributed by atoms with van der Waals surface area (Å²) >= 11 is 1.31.